The topological polar surface area (TPSA) is 122 Å². The Kier molecular flexibility index (Phi) is 5.19. The van der Waals surface area contributed by atoms with Gasteiger partial charge in [-0.05, 0) is 30.7 Å². The number of benzene rings is 2. The summed E-state index contributed by atoms with van der Waals surface area (Å²) in [5.74, 6) is -5.30. The third-order valence-electron chi connectivity index (χ3n) is 6.84. The van der Waals surface area contributed by atoms with Crippen LogP contribution in [0.4, 0.5) is 24.5 Å². The predicted octanol–water partition coefficient (Wildman–Crippen LogP) is 2.55. The van der Waals surface area contributed by atoms with Crippen molar-refractivity contribution in [3.63, 3.8) is 0 Å². The van der Waals surface area contributed by atoms with E-state index in [4.69, 9.17) is 17.3 Å². The monoisotopic (exact) mass is 506 g/mol. The van der Waals surface area contributed by atoms with Crippen LogP contribution in [0, 0.1) is 11.8 Å². The summed E-state index contributed by atoms with van der Waals surface area (Å²) in [4.78, 5) is 52.8. The number of hydrogen-bond acceptors (Lipinski definition) is 5. The maximum absolute atomic E-state index is 13.8. The number of nitrogens with two attached hydrogens (primary N) is 1. The van der Waals surface area contributed by atoms with Crippen LogP contribution < -0.4 is 21.3 Å². The first-order valence-corrected chi connectivity index (χ1v) is 11.1. The molecule has 2 saturated heterocycles. The quantitative estimate of drug-likeness (QED) is 0.550. The van der Waals surface area contributed by atoms with E-state index in [1.165, 1.54) is 0 Å². The molecule has 3 aliphatic heterocycles. The molecular formula is C23H18ClF3N4O4. The van der Waals surface area contributed by atoms with Crippen LogP contribution in [0.1, 0.15) is 24.0 Å². The van der Waals surface area contributed by atoms with Crippen LogP contribution in [0.3, 0.4) is 0 Å². The molecule has 0 radical (unpaired) electrons. The van der Waals surface area contributed by atoms with Crippen molar-refractivity contribution in [3.8, 4) is 0 Å². The molecule has 2 aromatic rings. The van der Waals surface area contributed by atoms with E-state index in [0.717, 1.165) is 12.1 Å². The van der Waals surface area contributed by atoms with Crippen molar-refractivity contribution in [1.82, 2.24) is 5.32 Å². The zero-order chi connectivity index (χ0) is 25.3. The van der Waals surface area contributed by atoms with Gasteiger partial charge in [-0.15, -0.1) is 0 Å². The Bertz CT molecular complexity index is 1300. The molecule has 4 atom stereocenters. The minimum absolute atomic E-state index is 0.0386. The molecule has 5 rings (SSSR count). The summed E-state index contributed by atoms with van der Waals surface area (Å²) >= 11 is 6.14. The first kappa shape index (κ1) is 23.3. The first-order valence-electron chi connectivity index (χ1n) is 10.7. The number of hydrogen-bond donors (Lipinski definition) is 3. The number of nitrogens with zero attached hydrogens (tertiary/aromatic N) is 1. The lowest BCUT2D eigenvalue weighted by atomic mass is 9.76. The molecule has 1 spiro atoms. The Balaban J connectivity index is 1.65. The Morgan fingerprint density at radius 1 is 1.11 bits per heavy atom. The maximum Gasteiger partial charge on any atom is 0.416 e. The molecule has 182 valence electrons. The molecule has 2 fully saturated rings. The number of carbonyl (C=O) groups is 4. The van der Waals surface area contributed by atoms with E-state index in [1.807, 2.05) is 0 Å². The molecule has 8 nitrogen and oxygen atoms in total. The summed E-state index contributed by atoms with van der Waals surface area (Å²) in [5.41, 5.74) is 3.00. The Morgan fingerprint density at radius 2 is 1.83 bits per heavy atom. The van der Waals surface area contributed by atoms with Gasteiger partial charge < -0.3 is 11.1 Å². The van der Waals surface area contributed by atoms with Crippen molar-refractivity contribution in [3.05, 3.63) is 58.6 Å². The fourth-order valence-corrected chi connectivity index (χ4v) is 5.60. The van der Waals surface area contributed by atoms with Crippen LogP contribution >= 0.6 is 11.6 Å². The van der Waals surface area contributed by atoms with Gasteiger partial charge in [0, 0.05) is 23.7 Å². The number of anilines is 2. The second-order valence-electron chi connectivity index (χ2n) is 8.74. The third-order valence-corrected chi connectivity index (χ3v) is 7.16. The lowest BCUT2D eigenvalue weighted by Crippen LogP contribution is -2.53. The molecule has 3 unspecified atom stereocenters. The van der Waals surface area contributed by atoms with Gasteiger partial charge in [-0.1, -0.05) is 29.8 Å². The lowest BCUT2D eigenvalue weighted by molar-refractivity contribution is -0.137. The number of amides is 4. The molecule has 12 heteroatoms. The average molecular weight is 507 g/mol. The number of para-hydroxylation sites is 1. The smallest absolute Gasteiger partial charge is 0.370 e. The van der Waals surface area contributed by atoms with Gasteiger partial charge in [0.2, 0.25) is 23.6 Å². The van der Waals surface area contributed by atoms with Crippen molar-refractivity contribution < 1.29 is 32.3 Å². The standard InChI is InChI=1S/C23H18ClF3N4O4/c24-12-6-5-10(23(25,26)27)9-15(12)31-19(33)17-14(7-8-16(28)32)30-22(18(17)20(31)34)11-3-1-2-4-13(11)29-21(22)35/h1-6,9,14,17-18,30H,7-8H2,(H2,28,32)(H,29,35)/t14?,17?,18?,22-/m1/s1. The summed E-state index contributed by atoms with van der Waals surface area (Å²) in [6.07, 6.45) is -4.83. The number of fused-ring (bicyclic) bond motifs is 4. The average Bonchev–Trinajstić information content (AvgIpc) is 3.37. The van der Waals surface area contributed by atoms with Crippen LogP contribution in [0.25, 0.3) is 0 Å². The van der Waals surface area contributed by atoms with Gasteiger partial charge in [-0.25, -0.2) is 4.90 Å². The number of rotatable bonds is 4. The Hall–Kier alpha value is -3.44. The number of primary amides is 1. The van der Waals surface area contributed by atoms with Gasteiger partial charge >= 0.3 is 6.18 Å². The predicted molar refractivity (Wildman–Crippen MR) is 118 cm³/mol. The highest BCUT2D eigenvalue weighted by molar-refractivity contribution is 6.36. The minimum atomic E-state index is -4.74. The van der Waals surface area contributed by atoms with E-state index in [2.05, 4.69) is 10.6 Å². The summed E-state index contributed by atoms with van der Waals surface area (Å²) < 4.78 is 40.1. The van der Waals surface area contributed by atoms with Crippen LogP contribution in [0.15, 0.2) is 42.5 Å². The highest BCUT2D eigenvalue weighted by Gasteiger charge is 2.70. The molecule has 3 heterocycles. The van der Waals surface area contributed by atoms with Gasteiger partial charge in [-0.3, -0.25) is 24.5 Å². The molecule has 0 bridgehead atoms. The van der Waals surface area contributed by atoms with Crippen LogP contribution in [-0.2, 0) is 30.9 Å². The number of nitrogens with one attached hydrogen (secondary N) is 2. The van der Waals surface area contributed by atoms with Crippen molar-refractivity contribution >= 4 is 46.6 Å². The summed E-state index contributed by atoms with van der Waals surface area (Å²) in [6.45, 7) is 0. The number of alkyl halides is 3. The second-order valence-corrected chi connectivity index (χ2v) is 9.15. The summed E-state index contributed by atoms with van der Waals surface area (Å²) in [6, 6.07) is 8.14. The normalized spacial score (nSPS) is 27.4. The lowest BCUT2D eigenvalue weighted by Gasteiger charge is -2.29. The molecule has 3 aliphatic rings. The largest absolute Gasteiger partial charge is 0.416 e. The van der Waals surface area contributed by atoms with Crippen molar-refractivity contribution in [2.45, 2.75) is 30.6 Å². The van der Waals surface area contributed by atoms with E-state index in [-0.39, 0.29) is 17.9 Å². The van der Waals surface area contributed by atoms with Gasteiger partial charge in [0.05, 0.1) is 28.1 Å². The molecular weight excluding hydrogens is 489 g/mol. The minimum Gasteiger partial charge on any atom is -0.370 e. The van der Waals surface area contributed by atoms with E-state index < -0.39 is 64.5 Å². The fraction of sp³-hybridized carbons (Fsp3) is 0.304. The summed E-state index contributed by atoms with van der Waals surface area (Å²) in [7, 11) is 0. The highest BCUT2D eigenvalue weighted by atomic mass is 35.5. The van der Waals surface area contributed by atoms with E-state index in [1.54, 1.807) is 24.3 Å². The first-order chi connectivity index (χ1) is 16.5. The van der Waals surface area contributed by atoms with Gasteiger partial charge in [0.1, 0.15) is 5.54 Å². The molecule has 0 aromatic heterocycles. The van der Waals surface area contributed by atoms with Crippen LogP contribution in [0.5, 0.6) is 0 Å². The van der Waals surface area contributed by atoms with E-state index in [0.29, 0.717) is 22.2 Å². The molecule has 2 aromatic carbocycles. The number of carbonyl (C=O) groups excluding carboxylic acids is 4. The second kappa shape index (κ2) is 7.79. The molecule has 35 heavy (non-hydrogen) atoms. The third kappa shape index (κ3) is 3.33. The van der Waals surface area contributed by atoms with Gasteiger partial charge in [0.15, 0.2) is 0 Å². The van der Waals surface area contributed by atoms with Crippen molar-refractivity contribution in [1.29, 1.82) is 0 Å². The van der Waals surface area contributed by atoms with Gasteiger partial charge in [0.25, 0.3) is 0 Å². The van der Waals surface area contributed by atoms with Crippen molar-refractivity contribution in [2.24, 2.45) is 17.6 Å². The molecule has 4 N–H and O–H groups in total. The van der Waals surface area contributed by atoms with E-state index >= 15 is 0 Å². The summed E-state index contributed by atoms with van der Waals surface area (Å²) in [5, 5.41) is 5.59. The Morgan fingerprint density at radius 3 is 2.51 bits per heavy atom. The molecule has 0 saturated carbocycles. The van der Waals surface area contributed by atoms with Crippen LogP contribution in [0.2, 0.25) is 5.02 Å². The molecule has 4 amide bonds. The van der Waals surface area contributed by atoms with Crippen LogP contribution in [-0.4, -0.2) is 29.7 Å². The van der Waals surface area contributed by atoms with Crippen molar-refractivity contribution in [2.75, 3.05) is 10.2 Å². The number of halogens is 4. The maximum atomic E-state index is 13.8. The zero-order valence-electron chi connectivity index (χ0n) is 17.9. The van der Waals surface area contributed by atoms with Gasteiger partial charge in [-0.2, -0.15) is 13.2 Å². The fourth-order valence-electron chi connectivity index (χ4n) is 5.40. The SMILES string of the molecule is NC(=O)CCC1N[C@@]2(C(=O)Nc3ccccc32)C2C(=O)N(c3cc(C(F)(F)F)ccc3Cl)C(=O)C12. The molecule has 0 aliphatic carbocycles. The number of imide groups is 1. The Labute approximate surface area is 201 Å². The zero-order valence-corrected chi connectivity index (χ0v) is 18.6. The highest BCUT2D eigenvalue weighted by Crippen LogP contribution is 2.54. The van der Waals surface area contributed by atoms with E-state index in [9.17, 15) is 32.3 Å².